The molecule has 0 spiro atoms. The molecule has 2 N–H and O–H groups in total. The fourth-order valence-corrected chi connectivity index (χ4v) is 4.38. The zero-order valence-corrected chi connectivity index (χ0v) is 19.1. The van der Waals surface area contributed by atoms with E-state index >= 15 is 0 Å². The van der Waals surface area contributed by atoms with Gasteiger partial charge < -0.3 is 20.2 Å². The summed E-state index contributed by atoms with van der Waals surface area (Å²) < 4.78 is 1.75. The normalized spacial score (nSPS) is 17.4. The predicted octanol–water partition coefficient (Wildman–Crippen LogP) is 4.46. The molecule has 0 aliphatic carbocycles. The monoisotopic (exact) mass is 447 g/mol. The van der Waals surface area contributed by atoms with Gasteiger partial charge in [-0.25, -0.2) is 4.79 Å². The average molecular weight is 448 g/mol. The third kappa shape index (κ3) is 4.84. The van der Waals surface area contributed by atoms with Crippen LogP contribution in [0.3, 0.4) is 0 Å². The van der Waals surface area contributed by atoms with Gasteiger partial charge in [0, 0.05) is 49.7 Å². The number of hydrogen-bond donors (Lipinski definition) is 2. The minimum absolute atomic E-state index is 0.0324. The first-order valence-corrected chi connectivity index (χ1v) is 11.1. The first-order valence-electron chi connectivity index (χ1n) is 11.1. The van der Waals surface area contributed by atoms with Crippen molar-refractivity contribution < 1.29 is 14.7 Å². The number of nitrogens with zero attached hydrogens (tertiary/aromatic N) is 4. The highest BCUT2D eigenvalue weighted by molar-refractivity contribution is 5.94. The summed E-state index contributed by atoms with van der Waals surface area (Å²) in [5.74, 6) is 0.0324. The first kappa shape index (κ1) is 22.4. The highest BCUT2D eigenvalue weighted by Crippen LogP contribution is 2.41. The predicted molar refractivity (Wildman–Crippen MR) is 128 cm³/mol. The summed E-state index contributed by atoms with van der Waals surface area (Å²) in [7, 11) is 1.54. The standard InChI is InChI=1S/C25H29N5O3/c1-17-13-23(27-21-7-5-4-6-8-21)22-14-19(9-10-24(22)30(17)18(2)31)20-15-26-29(16-20)12-11-28(3)25(32)33/h4-10,14-17,23,27H,11-13H2,1-3H3,(H,32,33)/t17-,23+/m0/s1. The van der Waals surface area contributed by atoms with Crippen molar-refractivity contribution >= 4 is 23.4 Å². The molecule has 4 rings (SSSR count). The molecule has 2 aromatic carbocycles. The summed E-state index contributed by atoms with van der Waals surface area (Å²) in [5.41, 5.74) is 4.99. The van der Waals surface area contributed by atoms with Crippen LogP contribution in [0.25, 0.3) is 11.1 Å². The van der Waals surface area contributed by atoms with Crippen LogP contribution < -0.4 is 10.2 Å². The molecule has 0 unspecified atom stereocenters. The number of carbonyl (C=O) groups excluding carboxylic acids is 1. The zero-order chi connectivity index (χ0) is 23.5. The van der Waals surface area contributed by atoms with Gasteiger partial charge in [0.15, 0.2) is 0 Å². The van der Waals surface area contributed by atoms with Gasteiger partial charge in [-0.15, -0.1) is 0 Å². The second-order valence-electron chi connectivity index (χ2n) is 8.51. The highest BCUT2D eigenvalue weighted by Gasteiger charge is 2.32. The third-order valence-electron chi connectivity index (χ3n) is 6.09. The summed E-state index contributed by atoms with van der Waals surface area (Å²) in [6, 6.07) is 16.4. The number of anilines is 2. The molecule has 8 nitrogen and oxygen atoms in total. The molecule has 3 aromatic rings. The summed E-state index contributed by atoms with van der Waals surface area (Å²) in [5, 5.41) is 17.1. The Kier molecular flexibility index (Phi) is 6.35. The molecular formula is C25H29N5O3. The van der Waals surface area contributed by atoms with Crippen LogP contribution in [-0.2, 0) is 11.3 Å². The minimum Gasteiger partial charge on any atom is -0.465 e. The van der Waals surface area contributed by atoms with Crippen molar-refractivity contribution in [1.29, 1.82) is 0 Å². The van der Waals surface area contributed by atoms with Crippen LogP contribution in [0, 0.1) is 0 Å². The van der Waals surface area contributed by atoms with Crippen molar-refractivity contribution in [1.82, 2.24) is 14.7 Å². The first-order chi connectivity index (χ1) is 15.8. The molecule has 0 fully saturated rings. The maximum Gasteiger partial charge on any atom is 0.407 e. The topological polar surface area (TPSA) is 90.7 Å². The number of amides is 2. The molecule has 1 aromatic heterocycles. The van der Waals surface area contributed by atoms with E-state index in [1.54, 1.807) is 17.8 Å². The van der Waals surface area contributed by atoms with E-state index in [2.05, 4.69) is 23.4 Å². The molecule has 2 heterocycles. The Morgan fingerprint density at radius 1 is 1.18 bits per heavy atom. The van der Waals surface area contributed by atoms with Crippen LogP contribution in [-0.4, -0.2) is 51.4 Å². The smallest absolute Gasteiger partial charge is 0.407 e. The van der Waals surface area contributed by atoms with Gasteiger partial charge in [-0.2, -0.15) is 5.10 Å². The van der Waals surface area contributed by atoms with Gasteiger partial charge in [0.25, 0.3) is 0 Å². The number of fused-ring (bicyclic) bond motifs is 1. The Labute approximate surface area is 193 Å². The Hall–Kier alpha value is -3.81. The molecule has 0 saturated carbocycles. The van der Waals surface area contributed by atoms with Gasteiger partial charge in [0.1, 0.15) is 0 Å². The fraction of sp³-hybridized carbons (Fsp3) is 0.320. The molecule has 0 saturated heterocycles. The zero-order valence-electron chi connectivity index (χ0n) is 19.1. The van der Waals surface area contributed by atoms with E-state index in [-0.39, 0.29) is 18.0 Å². The number of carboxylic acid groups (broad SMARTS) is 1. The number of likely N-dealkylation sites (N-methyl/N-ethyl adjacent to an activating group) is 1. The Bertz CT molecular complexity index is 1140. The lowest BCUT2D eigenvalue weighted by atomic mass is 9.89. The number of benzene rings is 2. The largest absolute Gasteiger partial charge is 0.465 e. The van der Waals surface area contributed by atoms with Crippen LogP contribution in [0.4, 0.5) is 16.2 Å². The van der Waals surface area contributed by atoms with E-state index in [0.29, 0.717) is 13.1 Å². The van der Waals surface area contributed by atoms with Gasteiger partial charge in [-0.3, -0.25) is 9.48 Å². The summed E-state index contributed by atoms with van der Waals surface area (Å²) in [6.45, 7) is 4.52. The van der Waals surface area contributed by atoms with E-state index in [1.807, 2.05) is 53.6 Å². The molecule has 8 heteroatoms. The number of nitrogens with one attached hydrogen (secondary N) is 1. The lowest BCUT2D eigenvalue weighted by molar-refractivity contribution is -0.117. The summed E-state index contributed by atoms with van der Waals surface area (Å²) >= 11 is 0. The quantitative estimate of drug-likeness (QED) is 0.582. The molecule has 1 aliphatic rings. The number of rotatable bonds is 6. The molecule has 1 aliphatic heterocycles. The molecule has 33 heavy (non-hydrogen) atoms. The minimum atomic E-state index is -0.960. The van der Waals surface area contributed by atoms with Crippen molar-refractivity contribution in [3.8, 4) is 11.1 Å². The van der Waals surface area contributed by atoms with Crippen LogP contribution in [0.1, 0.15) is 31.9 Å². The Morgan fingerprint density at radius 3 is 2.64 bits per heavy atom. The maximum absolute atomic E-state index is 12.4. The van der Waals surface area contributed by atoms with Gasteiger partial charge in [-0.05, 0) is 48.7 Å². The average Bonchev–Trinajstić information content (AvgIpc) is 3.26. The Balaban J connectivity index is 1.64. The van der Waals surface area contributed by atoms with Crippen molar-refractivity contribution in [2.75, 3.05) is 23.8 Å². The van der Waals surface area contributed by atoms with Gasteiger partial charge in [0.2, 0.25) is 5.91 Å². The molecule has 2 atom stereocenters. The fourth-order valence-electron chi connectivity index (χ4n) is 4.38. The van der Waals surface area contributed by atoms with E-state index in [1.165, 1.54) is 11.9 Å². The van der Waals surface area contributed by atoms with E-state index < -0.39 is 6.09 Å². The van der Waals surface area contributed by atoms with Crippen LogP contribution in [0.2, 0.25) is 0 Å². The molecular weight excluding hydrogens is 418 g/mol. The van der Waals surface area contributed by atoms with E-state index in [9.17, 15) is 9.59 Å². The lowest BCUT2D eigenvalue weighted by Crippen LogP contribution is -2.43. The molecule has 0 bridgehead atoms. The number of hydrogen-bond acceptors (Lipinski definition) is 4. The van der Waals surface area contributed by atoms with Gasteiger partial charge >= 0.3 is 6.09 Å². The van der Waals surface area contributed by atoms with Crippen molar-refractivity contribution in [2.45, 2.75) is 38.9 Å². The lowest BCUT2D eigenvalue weighted by Gasteiger charge is -2.39. The van der Waals surface area contributed by atoms with Crippen LogP contribution in [0.15, 0.2) is 60.9 Å². The molecule has 0 radical (unpaired) electrons. The third-order valence-corrected chi connectivity index (χ3v) is 6.09. The van der Waals surface area contributed by atoms with E-state index in [4.69, 9.17) is 5.11 Å². The second-order valence-corrected chi connectivity index (χ2v) is 8.51. The summed E-state index contributed by atoms with van der Waals surface area (Å²) in [4.78, 5) is 26.5. The van der Waals surface area contributed by atoms with E-state index in [0.717, 1.165) is 34.5 Å². The SMILES string of the molecule is CC(=O)N1c2ccc(-c3cnn(CCN(C)C(=O)O)c3)cc2[C@H](Nc2ccccc2)C[C@@H]1C. The maximum atomic E-state index is 12.4. The number of carbonyl (C=O) groups is 2. The molecule has 172 valence electrons. The van der Waals surface area contributed by atoms with Crippen molar-refractivity contribution in [3.05, 3.63) is 66.5 Å². The van der Waals surface area contributed by atoms with Gasteiger partial charge in [0.05, 0.1) is 18.8 Å². The Morgan fingerprint density at radius 2 is 1.94 bits per heavy atom. The highest BCUT2D eigenvalue weighted by atomic mass is 16.4. The van der Waals surface area contributed by atoms with Crippen LogP contribution in [0.5, 0.6) is 0 Å². The van der Waals surface area contributed by atoms with Gasteiger partial charge in [-0.1, -0.05) is 24.3 Å². The number of aromatic nitrogens is 2. The number of para-hydroxylation sites is 1. The van der Waals surface area contributed by atoms with Crippen molar-refractivity contribution in [2.24, 2.45) is 0 Å². The van der Waals surface area contributed by atoms with Crippen LogP contribution >= 0.6 is 0 Å². The molecule has 2 amide bonds. The second kappa shape index (κ2) is 9.36. The summed E-state index contributed by atoms with van der Waals surface area (Å²) in [6.07, 6.45) is 3.55. The van der Waals surface area contributed by atoms with Crippen molar-refractivity contribution in [3.63, 3.8) is 0 Å².